The minimum atomic E-state index is 0.150. The van der Waals surface area contributed by atoms with Crippen molar-refractivity contribution in [1.29, 1.82) is 0 Å². The molecule has 3 heteroatoms. The zero-order valence-electron chi connectivity index (χ0n) is 9.11. The SMILES string of the molecule is C[C@@H]1CC2(CCN1)COC(C)(CI)C2. The third-order valence-electron chi connectivity index (χ3n) is 3.65. The number of halogens is 1. The minimum absolute atomic E-state index is 0.150. The summed E-state index contributed by atoms with van der Waals surface area (Å²) < 4.78 is 7.12. The van der Waals surface area contributed by atoms with Crippen LogP contribution < -0.4 is 5.32 Å². The van der Waals surface area contributed by atoms with E-state index in [2.05, 4.69) is 41.8 Å². The number of hydrogen-bond donors (Lipinski definition) is 1. The molecule has 0 amide bonds. The minimum Gasteiger partial charge on any atom is -0.374 e. The van der Waals surface area contributed by atoms with Crippen molar-refractivity contribution in [1.82, 2.24) is 5.32 Å². The monoisotopic (exact) mass is 309 g/mol. The highest BCUT2D eigenvalue weighted by Gasteiger charge is 2.47. The van der Waals surface area contributed by atoms with Gasteiger partial charge in [0, 0.05) is 10.5 Å². The fourth-order valence-corrected chi connectivity index (χ4v) is 3.50. The first-order chi connectivity index (χ1) is 6.58. The van der Waals surface area contributed by atoms with Gasteiger partial charge in [-0.3, -0.25) is 0 Å². The molecule has 1 N–H and O–H groups in total. The largest absolute Gasteiger partial charge is 0.374 e. The molecule has 0 aromatic rings. The van der Waals surface area contributed by atoms with Crippen molar-refractivity contribution in [2.45, 2.75) is 44.8 Å². The normalized spacial score (nSPS) is 48.6. The van der Waals surface area contributed by atoms with E-state index in [-0.39, 0.29) is 5.60 Å². The summed E-state index contributed by atoms with van der Waals surface area (Å²) in [6.07, 6.45) is 3.84. The molecule has 0 saturated carbocycles. The van der Waals surface area contributed by atoms with Crippen molar-refractivity contribution in [2.75, 3.05) is 17.6 Å². The molecule has 1 spiro atoms. The number of hydrogen-bond acceptors (Lipinski definition) is 2. The molecule has 0 bridgehead atoms. The van der Waals surface area contributed by atoms with Crippen LogP contribution in [0.15, 0.2) is 0 Å². The van der Waals surface area contributed by atoms with Gasteiger partial charge in [-0.1, -0.05) is 22.6 Å². The molecule has 0 aromatic heterocycles. The smallest absolute Gasteiger partial charge is 0.0749 e. The molecule has 0 aliphatic carbocycles. The van der Waals surface area contributed by atoms with Crippen LogP contribution in [0.3, 0.4) is 0 Å². The van der Waals surface area contributed by atoms with Crippen molar-refractivity contribution in [2.24, 2.45) is 5.41 Å². The second kappa shape index (κ2) is 3.91. The summed E-state index contributed by atoms with van der Waals surface area (Å²) in [5, 5.41) is 3.52. The molecule has 2 fully saturated rings. The molecule has 2 rings (SSSR count). The van der Waals surface area contributed by atoms with Crippen LogP contribution in [0, 0.1) is 5.41 Å². The predicted octanol–water partition coefficient (Wildman–Crippen LogP) is 2.36. The molecule has 3 atom stereocenters. The maximum absolute atomic E-state index is 6.00. The molecule has 2 saturated heterocycles. The van der Waals surface area contributed by atoms with Gasteiger partial charge in [0.15, 0.2) is 0 Å². The number of rotatable bonds is 1. The first-order valence-corrected chi connectivity index (χ1v) is 7.03. The summed E-state index contributed by atoms with van der Waals surface area (Å²) >= 11 is 2.45. The fraction of sp³-hybridized carbons (Fsp3) is 1.00. The molecule has 2 unspecified atom stereocenters. The van der Waals surface area contributed by atoms with Gasteiger partial charge in [0.2, 0.25) is 0 Å². The van der Waals surface area contributed by atoms with Crippen molar-refractivity contribution in [3.05, 3.63) is 0 Å². The Morgan fingerprint density at radius 1 is 1.57 bits per heavy atom. The Morgan fingerprint density at radius 2 is 2.36 bits per heavy atom. The van der Waals surface area contributed by atoms with Crippen LogP contribution in [0.4, 0.5) is 0 Å². The number of nitrogens with one attached hydrogen (secondary N) is 1. The molecule has 2 aliphatic rings. The number of ether oxygens (including phenoxy) is 1. The summed E-state index contributed by atoms with van der Waals surface area (Å²) in [5.41, 5.74) is 0.641. The van der Waals surface area contributed by atoms with Gasteiger partial charge in [0.1, 0.15) is 0 Å². The van der Waals surface area contributed by atoms with E-state index >= 15 is 0 Å². The Bertz CT molecular complexity index is 223. The number of piperidine rings is 1. The van der Waals surface area contributed by atoms with Crippen LogP contribution in [0.5, 0.6) is 0 Å². The van der Waals surface area contributed by atoms with Crippen LogP contribution in [-0.4, -0.2) is 29.2 Å². The van der Waals surface area contributed by atoms with Crippen LogP contribution in [-0.2, 0) is 4.74 Å². The van der Waals surface area contributed by atoms with Crippen molar-refractivity contribution >= 4 is 22.6 Å². The van der Waals surface area contributed by atoms with Gasteiger partial charge in [0.05, 0.1) is 12.2 Å². The van der Waals surface area contributed by atoms with E-state index in [1.807, 2.05) is 0 Å². The molecule has 2 heterocycles. The second-order valence-electron chi connectivity index (χ2n) is 5.36. The lowest BCUT2D eigenvalue weighted by atomic mass is 9.73. The lowest BCUT2D eigenvalue weighted by molar-refractivity contribution is 0.0334. The van der Waals surface area contributed by atoms with Crippen LogP contribution >= 0.6 is 22.6 Å². The van der Waals surface area contributed by atoms with Gasteiger partial charge in [-0.15, -0.1) is 0 Å². The summed E-state index contributed by atoms with van der Waals surface area (Å²) in [5.74, 6) is 0. The van der Waals surface area contributed by atoms with E-state index in [0.717, 1.165) is 11.0 Å². The highest BCUT2D eigenvalue weighted by atomic mass is 127. The standard InChI is InChI=1S/C11H20INO/c1-9-5-11(3-4-13-9)6-10(2,7-12)14-8-11/h9,13H,3-8H2,1-2H3/t9-,10?,11?/m1/s1. The van der Waals surface area contributed by atoms with E-state index in [4.69, 9.17) is 4.74 Å². The Hall–Kier alpha value is 0.650. The fourth-order valence-electron chi connectivity index (χ4n) is 3.01. The van der Waals surface area contributed by atoms with Crippen LogP contribution in [0.1, 0.15) is 33.1 Å². The van der Waals surface area contributed by atoms with E-state index in [0.29, 0.717) is 11.5 Å². The maximum Gasteiger partial charge on any atom is 0.0749 e. The molecule has 0 radical (unpaired) electrons. The van der Waals surface area contributed by atoms with E-state index in [9.17, 15) is 0 Å². The molecule has 82 valence electrons. The van der Waals surface area contributed by atoms with E-state index < -0.39 is 0 Å². The molecular formula is C11H20INO. The van der Waals surface area contributed by atoms with E-state index in [1.165, 1.54) is 25.8 Å². The first kappa shape index (κ1) is 11.1. The quantitative estimate of drug-likeness (QED) is 0.593. The average molecular weight is 309 g/mol. The van der Waals surface area contributed by atoms with Gasteiger partial charge in [-0.25, -0.2) is 0 Å². The summed E-state index contributed by atoms with van der Waals surface area (Å²) in [7, 11) is 0. The predicted molar refractivity (Wildman–Crippen MR) is 67.0 cm³/mol. The summed E-state index contributed by atoms with van der Waals surface area (Å²) in [6, 6.07) is 0.670. The van der Waals surface area contributed by atoms with Gasteiger partial charge < -0.3 is 10.1 Å². The third-order valence-corrected chi connectivity index (χ3v) is 5.26. The molecule has 2 aliphatic heterocycles. The lowest BCUT2D eigenvalue weighted by Crippen LogP contribution is -2.43. The maximum atomic E-state index is 6.00. The van der Waals surface area contributed by atoms with Gasteiger partial charge >= 0.3 is 0 Å². The van der Waals surface area contributed by atoms with Gasteiger partial charge in [-0.2, -0.15) is 0 Å². The lowest BCUT2D eigenvalue weighted by Gasteiger charge is -2.37. The highest BCUT2D eigenvalue weighted by Crippen LogP contribution is 2.46. The Kier molecular flexibility index (Phi) is 3.11. The molecule has 0 aromatic carbocycles. The van der Waals surface area contributed by atoms with Gasteiger partial charge in [-0.05, 0) is 45.1 Å². The first-order valence-electron chi connectivity index (χ1n) is 5.51. The van der Waals surface area contributed by atoms with Crippen LogP contribution in [0.25, 0.3) is 0 Å². The van der Waals surface area contributed by atoms with Crippen molar-refractivity contribution in [3.63, 3.8) is 0 Å². The second-order valence-corrected chi connectivity index (χ2v) is 6.12. The molecule has 2 nitrogen and oxygen atoms in total. The van der Waals surface area contributed by atoms with Crippen LogP contribution in [0.2, 0.25) is 0 Å². The zero-order valence-corrected chi connectivity index (χ0v) is 11.3. The van der Waals surface area contributed by atoms with E-state index in [1.54, 1.807) is 0 Å². The highest BCUT2D eigenvalue weighted by molar-refractivity contribution is 14.1. The zero-order chi connectivity index (χ0) is 10.2. The van der Waals surface area contributed by atoms with Crippen molar-refractivity contribution < 1.29 is 4.74 Å². The Balaban J connectivity index is 2.04. The molecule has 14 heavy (non-hydrogen) atoms. The summed E-state index contributed by atoms with van der Waals surface area (Å²) in [6.45, 7) is 6.71. The van der Waals surface area contributed by atoms with Crippen molar-refractivity contribution in [3.8, 4) is 0 Å². The molecular weight excluding hydrogens is 289 g/mol. The summed E-state index contributed by atoms with van der Waals surface area (Å²) in [4.78, 5) is 0. The Labute approximate surface area is 100 Å². The topological polar surface area (TPSA) is 21.3 Å². The average Bonchev–Trinajstić information content (AvgIpc) is 2.45. The Morgan fingerprint density at radius 3 is 2.93 bits per heavy atom. The van der Waals surface area contributed by atoms with Gasteiger partial charge in [0.25, 0.3) is 0 Å². The third kappa shape index (κ3) is 2.09. The number of alkyl halides is 1.